The van der Waals surface area contributed by atoms with Crippen LogP contribution in [0.5, 0.6) is 0 Å². The first-order valence-electron chi connectivity index (χ1n) is 7.86. The molecule has 5 heteroatoms. The zero-order valence-electron chi connectivity index (χ0n) is 12.9. The average molecular weight is 283 g/mol. The second-order valence-corrected chi connectivity index (χ2v) is 6.52. The van der Waals surface area contributed by atoms with Crippen LogP contribution in [0.25, 0.3) is 0 Å². The molecule has 2 fully saturated rings. The molecule has 1 aliphatic carbocycles. The first-order chi connectivity index (χ1) is 9.53. The van der Waals surface area contributed by atoms with Crippen molar-refractivity contribution < 1.29 is 9.53 Å². The number of likely N-dealkylation sites (tertiary alicyclic amines) is 1. The zero-order chi connectivity index (χ0) is 14.6. The molecule has 1 amide bonds. The summed E-state index contributed by atoms with van der Waals surface area (Å²) in [6.07, 6.45) is 6.88. The Hall–Kier alpha value is -0.650. The summed E-state index contributed by atoms with van der Waals surface area (Å²) >= 11 is 0. The highest BCUT2D eigenvalue weighted by Gasteiger charge is 2.36. The number of hydrogen-bond acceptors (Lipinski definition) is 4. The Kier molecular flexibility index (Phi) is 5.41. The lowest BCUT2D eigenvalue weighted by Gasteiger charge is -2.33. The van der Waals surface area contributed by atoms with Gasteiger partial charge in [-0.25, -0.2) is 0 Å². The van der Waals surface area contributed by atoms with E-state index >= 15 is 0 Å². The Morgan fingerprint density at radius 1 is 1.45 bits per heavy atom. The fraction of sp³-hybridized carbons (Fsp3) is 0.933. The van der Waals surface area contributed by atoms with E-state index in [0.29, 0.717) is 12.1 Å². The monoisotopic (exact) mass is 283 g/mol. The normalized spacial score (nSPS) is 27.2. The number of amides is 1. The van der Waals surface area contributed by atoms with Crippen LogP contribution in [0.2, 0.25) is 0 Å². The largest absolute Gasteiger partial charge is 0.380 e. The highest BCUT2D eigenvalue weighted by atomic mass is 16.5. The van der Waals surface area contributed by atoms with Crippen molar-refractivity contribution in [2.45, 2.75) is 63.1 Å². The van der Waals surface area contributed by atoms with E-state index in [4.69, 9.17) is 10.5 Å². The van der Waals surface area contributed by atoms with E-state index in [1.807, 2.05) is 6.92 Å². The minimum Gasteiger partial charge on any atom is -0.380 e. The number of rotatable bonds is 8. The van der Waals surface area contributed by atoms with Crippen LogP contribution in [0.4, 0.5) is 0 Å². The number of primary amides is 1. The third-order valence-corrected chi connectivity index (χ3v) is 4.59. The predicted molar refractivity (Wildman–Crippen MR) is 79.5 cm³/mol. The van der Waals surface area contributed by atoms with Crippen LogP contribution in [-0.2, 0) is 9.53 Å². The summed E-state index contributed by atoms with van der Waals surface area (Å²) in [7, 11) is 1.79. The van der Waals surface area contributed by atoms with Gasteiger partial charge >= 0.3 is 0 Å². The van der Waals surface area contributed by atoms with Gasteiger partial charge < -0.3 is 20.7 Å². The quantitative estimate of drug-likeness (QED) is 0.694. The molecule has 2 aliphatic rings. The molecule has 0 radical (unpaired) electrons. The number of nitrogens with zero attached hydrogens (tertiary/aromatic N) is 1. The second kappa shape index (κ2) is 6.87. The molecule has 0 aromatic carbocycles. The maximum atomic E-state index is 11.7. The Balaban J connectivity index is 1.73. The molecule has 0 bridgehead atoms. The van der Waals surface area contributed by atoms with Crippen LogP contribution in [0.3, 0.4) is 0 Å². The molecule has 3 N–H and O–H groups in total. The highest BCUT2D eigenvalue weighted by Crippen LogP contribution is 2.25. The minimum atomic E-state index is -0.544. The van der Waals surface area contributed by atoms with Crippen molar-refractivity contribution in [3.63, 3.8) is 0 Å². The Bertz CT molecular complexity index is 333. The molecule has 2 atom stereocenters. The van der Waals surface area contributed by atoms with E-state index in [-0.39, 0.29) is 5.91 Å². The van der Waals surface area contributed by atoms with Crippen LogP contribution >= 0.6 is 0 Å². The van der Waals surface area contributed by atoms with Crippen molar-refractivity contribution in [2.75, 3.05) is 26.7 Å². The lowest BCUT2D eigenvalue weighted by molar-refractivity contribution is -0.124. The van der Waals surface area contributed by atoms with Crippen molar-refractivity contribution in [1.82, 2.24) is 10.2 Å². The van der Waals surface area contributed by atoms with Crippen molar-refractivity contribution in [2.24, 2.45) is 5.73 Å². The summed E-state index contributed by atoms with van der Waals surface area (Å²) in [5.74, 6) is -0.224. The number of hydrogen-bond donors (Lipinski definition) is 2. The van der Waals surface area contributed by atoms with Crippen molar-refractivity contribution >= 4 is 5.91 Å². The summed E-state index contributed by atoms with van der Waals surface area (Å²) in [4.78, 5) is 14.1. The molecule has 20 heavy (non-hydrogen) atoms. The number of nitrogens with two attached hydrogens (primary N) is 1. The summed E-state index contributed by atoms with van der Waals surface area (Å²) in [6.45, 7) is 5.12. The maximum absolute atomic E-state index is 11.7. The molecule has 2 rings (SSSR count). The van der Waals surface area contributed by atoms with Gasteiger partial charge in [0.15, 0.2) is 0 Å². The van der Waals surface area contributed by atoms with Gasteiger partial charge in [-0.15, -0.1) is 0 Å². The Labute approximate surface area is 122 Å². The number of carbonyl (C=O) groups is 1. The van der Waals surface area contributed by atoms with E-state index in [9.17, 15) is 4.79 Å². The van der Waals surface area contributed by atoms with Crippen LogP contribution < -0.4 is 11.1 Å². The molecule has 1 saturated carbocycles. The van der Waals surface area contributed by atoms with E-state index < -0.39 is 5.54 Å². The molecule has 2 unspecified atom stereocenters. The Morgan fingerprint density at radius 3 is 2.80 bits per heavy atom. The fourth-order valence-corrected chi connectivity index (χ4v) is 3.01. The Morgan fingerprint density at radius 2 is 2.20 bits per heavy atom. The second-order valence-electron chi connectivity index (χ2n) is 6.52. The van der Waals surface area contributed by atoms with Crippen molar-refractivity contribution in [1.29, 1.82) is 0 Å². The number of piperidine rings is 1. The molecule has 0 spiro atoms. The molecule has 5 nitrogen and oxygen atoms in total. The molecule has 116 valence electrons. The van der Waals surface area contributed by atoms with Crippen LogP contribution in [0.1, 0.15) is 45.4 Å². The molecule has 1 heterocycles. The number of carbonyl (C=O) groups excluding carboxylic acids is 1. The predicted octanol–water partition coefficient (Wildman–Crippen LogP) is 0.873. The number of nitrogens with one attached hydrogen (secondary N) is 1. The zero-order valence-corrected chi connectivity index (χ0v) is 12.9. The molecular formula is C15H29N3O2. The van der Waals surface area contributed by atoms with Gasteiger partial charge in [0.05, 0.1) is 11.6 Å². The lowest BCUT2D eigenvalue weighted by Crippen LogP contribution is -2.54. The number of ether oxygens (including phenoxy) is 1. The minimum absolute atomic E-state index is 0.224. The topological polar surface area (TPSA) is 67.6 Å². The SMILES string of the molecule is COC1CCCN(CCCC(C)(NC2CC2)C(N)=O)C1. The van der Waals surface area contributed by atoms with Gasteiger partial charge in [0.25, 0.3) is 0 Å². The summed E-state index contributed by atoms with van der Waals surface area (Å²) in [5.41, 5.74) is 5.03. The highest BCUT2D eigenvalue weighted by molar-refractivity contribution is 5.84. The smallest absolute Gasteiger partial charge is 0.237 e. The molecule has 1 saturated heterocycles. The number of methoxy groups -OCH3 is 1. The van der Waals surface area contributed by atoms with Crippen molar-refractivity contribution in [3.05, 3.63) is 0 Å². The summed E-state index contributed by atoms with van der Waals surface area (Å²) in [6, 6.07) is 0.500. The summed E-state index contributed by atoms with van der Waals surface area (Å²) in [5, 5.41) is 3.41. The molecule has 0 aromatic rings. The first-order valence-corrected chi connectivity index (χ1v) is 7.86. The lowest BCUT2D eigenvalue weighted by atomic mass is 9.94. The van der Waals surface area contributed by atoms with Crippen LogP contribution in [-0.4, -0.2) is 55.2 Å². The van der Waals surface area contributed by atoms with Gasteiger partial charge in [0.2, 0.25) is 5.91 Å². The van der Waals surface area contributed by atoms with Crippen molar-refractivity contribution in [3.8, 4) is 0 Å². The molecular weight excluding hydrogens is 254 g/mol. The van der Waals surface area contributed by atoms with Gasteiger partial charge in [-0.2, -0.15) is 0 Å². The van der Waals surface area contributed by atoms with Gasteiger partial charge in [-0.1, -0.05) is 0 Å². The fourth-order valence-electron chi connectivity index (χ4n) is 3.01. The third-order valence-electron chi connectivity index (χ3n) is 4.59. The maximum Gasteiger partial charge on any atom is 0.237 e. The molecule has 0 aromatic heterocycles. The van der Waals surface area contributed by atoms with Gasteiger partial charge in [-0.05, 0) is 58.5 Å². The van der Waals surface area contributed by atoms with Crippen LogP contribution in [0.15, 0.2) is 0 Å². The van der Waals surface area contributed by atoms with Gasteiger partial charge in [0, 0.05) is 19.7 Å². The van der Waals surface area contributed by atoms with E-state index in [1.165, 1.54) is 19.3 Å². The average Bonchev–Trinajstić information content (AvgIpc) is 3.22. The summed E-state index contributed by atoms with van der Waals surface area (Å²) < 4.78 is 5.44. The van der Waals surface area contributed by atoms with Gasteiger partial charge in [-0.3, -0.25) is 4.79 Å². The van der Waals surface area contributed by atoms with E-state index in [2.05, 4.69) is 10.2 Å². The van der Waals surface area contributed by atoms with E-state index in [0.717, 1.165) is 38.9 Å². The molecule has 1 aliphatic heterocycles. The first kappa shape index (κ1) is 15.7. The van der Waals surface area contributed by atoms with Crippen LogP contribution in [0, 0.1) is 0 Å². The van der Waals surface area contributed by atoms with E-state index in [1.54, 1.807) is 7.11 Å². The third kappa shape index (κ3) is 4.43. The standard InChI is InChI=1S/C15H29N3O2/c1-15(14(16)19,17-12-6-7-12)8-4-10-18-9-3-5-13(11-18)20-2/h12-13,17H,3-11H2,1-2H3,(H2,16,19). The van der Waals surface area contributed by atoms with Gasteiger partial charge in [0.1, 0.15) is 0 Å².